The maximum absolute atomic E-state index is 13.0. The Labute approximate surface area is 148 Å². The summed E-state index contributed by atoms with van der Waals surface area (Å²) in [7, 11) is 0. The van der Waals surface area contributed by atoms with E-state index >= 15 is 0 Å². The minimum atomic E-state index is -0.0631. The van der Waals surface area contributed by atoms with E-state index in [2.05, 4.69) is 12.1 Å². The number of amides is 1. The second-order valence-electron chi connectivity index (χ2n) is 7.13. The van der Waals surface area contributed by atoms with Crippen LogP contribution < -0.4 is 0 Å². The van der Waals surface area contributed by atoms with Gasteiger partial charge in [0.05, 0.1) is 12.6 Å². The topological polar surface area (TPSA) is 49.8 Å². The zero-order valence-corrected chi connectivity index (χ0v) is 14.3. The van der Waals surface area contributed by atoms with Crippen LogP contribution in [-0.2, 0) is 9.53 Å². The molecule has 4 heteroatoms. The summed E-state index contributed by atoms with van der Waals surface area (Å²) in [5, 5.41) is 9.65. The number of benzene rings is 2. The van der Waals surface area contributed by atoms with Crippen LogP contribution in [0.15, 0.2) is 54.6 Å². The number of carbonyl (C=O) groups is 1. The minimum Gasteiger partial charge on any atom is -0.508 e. The van der Waals surface area contributed by atoms with Crippen molar-refractivity contribution in [2.45, 2.75) is 31.5 Å². The normalized spacial score (nSPS) is 28.6. The summed E-state index contributed by atoms with van der Waals surface area (Å²) < 4.78 is 6.05. The van der Waals surface area contributed by atoms with E-state index < -0.39 is 0 Å². The minimum absolute atomic E-state index is 0.0286. The molecule has 2 aliphatic rings. The van der Waals surface area contributed by atoms with Crippen molar-refractivity contribution in [2.24, 2.45) is 5.92 Å². The first-order chi connectivity index (χ1) is 12.1. The van der Waals surface area contributed by atoms with Crippen LogP contribution >= 0.6 is 0 Å². The van der Waals surface area contributed by atoms with Crippen LogP contribution in [0, 0.1) is 5.92 Å². The third-order valence-corrected chi connectivity index (χ3v) is 5.15. The van der Waals surface area contributed by atoms with Gasteiger partial charge in [-0.25, -0.2) is 0 Å². The predicted octanol–water partition coefficient (Wildman–Crippen LogP) is 3.48. The van der Waals surface area contributed by atoms with Crippen LogP contribution in [0.2, 0.25) is 0 Å². The van der Waals surface area contributed by atoms with Gasteiger partial charge >= 0.3 is 0 Å². The van der Waals surface area contributed by atoms with E-state index in [4.69, 9.17) is 4.74 Å². The molecule has 0 radical (unpaired) electrons. The molecular weight excluding hydrogens is 314 g/mol. The number of hydrogen-bond acceptors (Lipinski definition) is 3. The van der Waals surface area contributed by atoms with Gasteiger partial charge in [-0.05, 0) is 42.5 Å². The van der Waals surface area contributed by atoms with Crippen molar-refractivity contribution in [1.29, 1.82) is 0 Å². The smallest absolute Gasteiger partial charge is 0.226 e. The van der Waals surface area contributed by atoms with E-state index in [1.54, 1.807) is 12.1 Å². The largest absolute Gasteiger partial charge is 0.508 e. The van der Waals surface area contributed by atoms with Crippen molar-refractivity contribution in [3.05, 3.63) is 65.7 Å². The molecule has 1 amide bonds. The highest BCUT2D eigenvalue weighted by Crippen LogP contribution is 2.49. The van der Waals surface area contributed by atoms with Crippen molar-refractivity contribution in [3.63, 3.8) is 0 Å². The van der Waals surface area contributed by atoms with Crippen molar-refractivity contribution < 1.29 is 14.6 Å². The highest BCUT2D eigenvalue weighted by atomic mass is 16.5. The number of ether oxygens (including phenoxy) is 1. The van der Waals surface area contributed by atoms with E-state index in [-0.39, 0.29) is 35.7 Å². The lowest BCUT2D eigenvalue weighted by atomic mass is 10.1. The number of nitrogens with zero attached hydrogens (tertiary/aromatic N) is 1. The van der Waals surface area contributed by atoms with Crippen LogP contribution in [0.1, 0.15) is 36.5 Å². The van der Waals surface area contributed by atoms with Gasteiger partial charge in [-0.15, -0.1) is 0 Å². The maximum atomic E-state index is 13.0. The molecule has 1 aliphatic carbocycles. The first-order valence-corrected chi connectivity index (χ1v) is 8.90. The van der Waals surface area contributed by atoms with Gasteiger partial charge in [0.1, 0.15) is 11.9 Å². The highest BCUT2D eigenvalue weighted by Gasteiger charge is 2.47. The average Bonchev–Trinajstić information content (AvgIpc) is 3.42. The van der Waals surface area contributed by atoms with Gasteiger partial charge in [-0.2, -0.15) is 0 Å². The number of aromatic hydroxyl groups is 1. The van der Waals surface area contributed by atoms with Crippen LogP contribution in [0.3, 0.4) is 0 Å². The van der Waals surface area contributed by atoms with Crippen LogP contribution in [0.4, 0.5) is 0 Å². The van der Waals surface area contributed by atoms with Crippen LogP contribution in [-0.4, -0.2) is 35.1 Å². The van der Waals surface area contributed by atoms with E-state index in [1.807, 2.05) is 42.2 Å². The van der Waals surface area contributed by atoms with Gasteiger partial charge in [0, 0.05) is 12.5 Å². The van der Waals surface area contributed by atoms with Crippen LogP contribution in [0.5, 0.6) is 5.75 Å². The molecule has 1 saturated heterocycles. The van der Waals surface area contributed by atoms with Gasteiger partial charge in [0.2, 0.25) is 5.91 Å². The quantitative estimate of drug-likeness (QED) is 0.933. The van der Waals surface area contributed by atoms with Gasteiger partial charge in [0.25, 0.3) is 0 Å². The van der Waals surface area contributed by atoms with E-state index in [1.165, 1.54) is 0 Å². The fourth-order valence-electron chi connectivity index (χ4n) is 3.81. The molecule has 25 heavy (non-hydrogen) atoms. The molecule has 0 aromatic heterocycles. The SMILES string of the molecule is CC1CN(C(=O)[C@H]2C[C@@H]2c2cccc(O)c2)CC(c2ccccc2)O1. The van der Waals surface area contributed by atoms with Gasteiger partial charge < -0.3 is 14.7 Å². The Balaban J connectivity index is 1.45. The molecule has 130 valence electrons. The Hall–Kier alpha value is -2.33. The molecule has 1 aliphatic heterocycles. The molecule has 1 saturated carbocycles. The summed E-state index contributed by atoms with van der Waals surface area (Å²) in [5.41, 5.74) is 2.17. The third kappa shape index (κ3) is 3.40. The Morgan fingerprint density at radius 1 is 1.08 bits per heavy atom. The molecule has 2 aromatic rings. The maximum Gasteiger partial charge on any atom is 0.226 e. The molecule has 2 aromatic carbocycles. The summed E-state index contributed by atoms with van der Waals surface area (Å²) in [6.45, 7) is 3.27. The number of morpholine rings is 1. The van der Waals surface area contributed by atoms with Crippen molar-refractivity contribution in [2.75, 3.05) is 13.1 Å². The lowest BCUT2D eigenvalue weighted by molar-refractivity contribution is -0.146. The van der Waals surface area contributed by atoms with Crippen molar-refractivity contribution in [1.82, 2.24) is 4.90 Å². The molecule has 2 unspecified atom stereocenters. The molecule has 1 heterocycles. The van der Waals surface area contributed by atoms with Crippen molar-refractivity contribution >= 4 is 5.91 Å². The molecular formula is C21H23NO3. The Bertz CT molecular complexity index is 761. The Morgan fingerprint density at radius 3 is 2.60 bits per heavy atom. The third-order valence-electron chi connectivity index (χ3n) is 5.15. The summed E-state index contributed by atoms with van der Waals surface area (Å²) in [4.78, 5) is 14.9. The molecule has 0 bridgehead atoms. The second kappa shape index (κ2) is 6.52. The number of hydrogen-bond donors (Lipinski definition) is 1. The molecule has 4 nitrogen and oxygen atoms in total. The van der Waals surface area contributed by atoms with E-state index in [0.29, 0.717) is 13.1 Å². The fourth-order valence-corrected chi connectivity index (χ4v) is 3.81. The predicted molar refractivity (Wildman–Crippen MR) is 95.3 cm³/mol. The number of phenols is 1. The monoisotopic (exact) mass is 337 g/mol. The summed E-state index contributed by atoms with van der Waals surface area (Å²) in [5.74, 6) is 0.737. The Kier molecular flexibility index (Phi) is 4.22. The van der Waals surface area contributed by atoms with Gasteiger partial charge in [-0.1, -0.05) is 42.5 Å². The molecule has 0 spiro atoms. The molecule has 1 N–H and O–H groups in total. The number of rotatable bonds is 3. The first kappa shape index (κ1) is 16.2. The number of phenolic OH excluding ortho intramolecular Hbond substituents is 1. The summed E-state index contributed by atoms with van der Waals surface area (Å²) in [6.07, 6.45) is 0.831. The lowest BCUT2D eigenvalue weighted by Crippen LogP contribution is -2.46. The Morgan fingerprint density at radius 2 is 1.84 bits per heavy atom. The zero-order valence-electron chi connectivity index (χ0n) is 14.3. The fraction of sp³-hybridized carbons (Fsp3) is 0.381. The standard InChI is InChI=1S/C21H23NO3/c1-14-12-22(13-20(25-14)15-6-3-2-4-7-15)21(24)19-11-18(19)16-8-5-9-17(23)10-16/h2-10,14,18-20,23H,11-13H2,1H3/t14?,18-,19+,20?/m1/s1. The molecule has 4 rings (SSSR count). The second-order valence-corrected chi connectivity index (χ2v) is 7.13. The van der Waals surface area contributed by atoms with Crippen LogP contribution in [0.25, 0.3) is 0 Å². The zero-order chi connectivity index (χ0) is 17.4. The first-order valence-electron chi connectivity index (χ1n) is 8.90. The van der Waals surface area contributed by atoms with Crippen molar-refractivity contribution in [3.8, 4) is 5.75 Å². The highest BCUT2D eigenvalue weighted by molar-refractivity contribution is 5.83. The van der Waals surface area contributed by atoms with Gasteiger partial charge in [0.15, 0.2) is 0 Å². The molecule has 2 fully saturated rings. The van der Waals surface area contributed by atoms with Gasteiger partial charge in [-0.3, -0.25) is 4.79 Å². The van der Waals surface area contributed by atoms with E-state index in [9.17, 15) is 9.90 Å². The summed E-state index contributed by atoms with van der Waals surface area (Å²) >= 11 is 0. The molecule has 4 atom stereocenters. The van der Waals surface area contributed by atoms with E-state index in [0.717, 1.165) is 17.5 Å². The lowest BCUT2D eigenvalue weighted by Gasteiger charge is -2.37. The summed E-state index contributed by atoms with van der Waals surface area (Å²) in [6, 6.07) is 17.4. The average molecular weight is 337 g/mol. The number of carbonyl (C=O) groups excluding carboxylic acids is 1.